The molecule has 1 unspecified atom stereocenters. The van der Waals surface area contributed by atoms with Crippen LogP contribution >= 0.6 is 0 Å². The molecule has 4 nitrogen and oxygen atoms in total. The predicted molar refractivity (Wildman–Crippen MR) is 67.1 cm³/mol. The Morgan fingerprint density at radius 3 is 3.05 bits per heavy atom. The number of ether oxygens (including phenoxy) is 1. The van der Waals surface area contributed by atoms with Crippen LogP contribution in [0.1, 0.15) is 22.3 Å². The van der Waals surface area contributed by atoms with Gasteiger partial charge in [0.05, 0.1) is 18.2 Å². The van der Waals surface area contributed by atoms with Crippen LogP contribution in [-0.2, 0) is 4.74 Å². The van der Waals surface area contributed by atoms with Crippen LogP contribution in [0.5, 0.6) is 0 Å². The van der Waals surface area contributed by atoms with Crippen molar-refractivity contribution in [2.24, 2.45) is 0 Å². The molecule has 2 N–H and O–H groups in total. The Kier molecular flexibility index (Phi) is 4.50. The summed E-state index contributed by atoms with van der Waals surface area (Å²) in [5.41, 5.74) is 0.411. The van der Waals surface area contributed by atoms with Crippen molar-refractivity contribution >= 4 is 5.91 Å². The molecule has 19 heavy (non-hydrogen) atoms. The van der Waals surface area contributed by atoms with Crippen LogP contribution in [0.4, 0.5) is 4.39 Å². The van der Waals surface area contributed by atoms with E-state index in [2.05, 4.69) is 17.2 Å². The molecule has 100 valence electrons. The SMILES string of the molecule is O=C(NC1CCOC1)c1ccc(C#CCO)cc1F. The molecule has 1 aliphatic heterocycles. The lowest BCUT2D eigenvalue weighted by Gasteiger charge is -2.11. The van der Waals surface area contributed by atoms with E-state index in [1.54, 1.807) is 6.07 Å². The van der Waals surface area contributed by atoms with Crippen LogP contribution in [-0.4, -0.2) is 36.9 Å². The second-order valence-electron chi connectivity index (χ2n) is 4.19. The van der Waals surface area contributed by atoms with Gasteiger partial charge in [0.1, 0.15) is 12.4 Å². The standard InChI is InChI=1S/C14H14FNO3/c15-13-8-10(2-1-6-17)3-4-12(13)14(18)16-11-5-7-19-9-11/h3-4,8,11,17H,5-7,9H2,(H,16,18). The molecule has 0 spiro atoms. The van der Waals surface area contributed by atoms with Gasteiger partial charge in [-0.15, -0.1) is 0 Å². The highest BCUT2D eigenvalue weighted by atomic mass is 19.1. The second-order valence-corrected chi connectivity index (χ2v) is 4.19. The maximum atomic E-state index is 13.8. The van der Waals surface area contributed by atoms with E-state index in [1.165, 1.54) is 12.1 Å². The molecule has 1 aliphatic rings. The minimum atomic E-state index is -0.624. The number of carbonyl (C=O) groups is 1. The highest BCUT2D eigenvalue weighted by Gasteiger charge is 2.20. The van der Waals surface area contributed by atoms with Crippen LogP contribution < -0.4 is 5.32 Å². The van der Waals surface area contributed by atoms with Crippen LogP contribution in [0, 0.1) is 17.7 Å². The quantitative estimate of drug-likeness (QED) is 0.772. The van der Waals surface area contributed by atoms with Gasteiger partial charge in [-0.3, -0.25) is 4.79 Å². The number of hydrogen-bond acceptors (Lipinski definition) is 3. The Morgan fingerprint density at radius 2 is 2.42 bits per heavy atom. The molecular weight excluding hydrogens is 249 g/mol. The van der Waals surface area contributed by atoms with Crippen molar-refractivity contribution in [2.45, 2.75) is 12.5 Å². The van der Waals surface area contributed by atoms with Gasteiger partial charge in [0.25, 0.3) is 5.91 Å². The van der Waals surface area contributed by atoms with Crippen LogP contribution in [0.25, 0.3) is 0 Å². The smallest absolute Gasteiger partial charge is 0.254 e. The Bertz CT molecular complexity index is 527. The largest absolute Gasteiger partial charge is 0.384 e. The molecule has 1 heterocycles. The molecule has 1 fully saturated rings. The van der Waals surface area contributed by atoms with E-state index in [9.17, 15) is 9.18 Å². The summed E-state index contributed by atoms with van der Waals surface area (Å²) in [7, 11) is 0. The van der Waals surface area contributed by atoms with Gasteiger partial charge in [-0.25, -0.2) is 4.39 Å². The number of rotatable bonds is 2. The lowest BCUT2D eigenvalue weighted by Crippen LogP contribution is -2.35. The molecule has 1 saturated heterocycles. The van der Waals surface area contributed by atoms with E-state index in [4.69, 9.17) is 9.84 Å². The third kappa shape index (κ3) is 3.53. The Morgan fingerprint density at radius 1 is 1.58 bits per heavy atom. The Labute approximate surface area is 110 Å². The predicted octanol–water partition coefficient (Wildman–Crippen LogP) is 0.688. The first-order valence-corrected chi connectivity index (χ1v) is 5.98. The van der Waals surface area contributed by atoms with Crippen molar-refractivity contribution in [3.63, 3.8) is 0 Å². The number of aliphatic hydroxyl groups is 1. The first kappa shape index (κ1) is 13.5. The van der Waals surface area contributed by atoms with E-state index >= 15 is 0 Å². The van der Waals surface area contributed by atoms with E-state index in [-0.39, 0.29) is 18.2 Å². The third-order valence-electron chi connectivity index (χ3n) is 2.79. The van der Waals surface area contributed by atoms with Gasteiger partial charge in [0.15, 0.2) is 0 Å². The minimum absolute atomic E-state index is 0.0125. The monoisotopic (exact) mass is 263 g/mol. The molecule has 0 aromatic heterocycles. The van der Waals surface area contributed by atoms with Crippen LogP contribution in [0.3, 0.4) is 0 Å². The van der Waals surface area contributed by atoms with Gasteiger partial charge in [0.2, 0.25) is 0 Å². The van der Waals surface area contributed by atoms with E-state index in [0.29, 0.717) is 18.8 Å². The summed E-state index contributed by atoms with van der Waals surface area (Å²) in [5.74, 6) is 3.93. The normalized spacial score (nSPS) is 17.7. The number of carbonyl (C=O) groups excluding carboxylic acids is 1. The first-order valence-electron chi connectivity index (χ1n) is 5.98. The lowest BCUT2D eigenvalue weighted by atomic mass is 10.1. The summed E-state index contributed by atoms with van der Waals surface area (Å²) in [4.78, 5) is 11.9. The molecular formula is C14H14FNO3. The third-order valence-corrected chi connectivity index (χ3v) is 2.79. The zero-order chi connectivity index (χ0) is 13.7. The topological polar surface area (TPSA) is 58.6 Å². The Hall–Kier alpha value is -1.90. The van der Waals surface area contributed by atoms with Gasteiger partial charge in [0, 0.05) is 12.2 Å². The molecule has 1 amide bonds. The molecule has 2 rings (SSSR count). The van der Waals surface area contributed by atoms with E-state index < -0.39 is 11.7 Å². The fraction of sp³-hybridized carbons (Fsp3) is 0.357. The summed E-state index contributed by atoms with van der Waals surface area (Å²) in [6.45, 7) is 0.794. The molecule has 1 atom stereocenters. The average molecular weight is 263 g/mol. The van der Waals surface area contributed by atoms with Gasteiger partial charge < -0.3 is 15.2 Å². The van der Waals surface area contributed by atoms with Crippen molar-refractivity contribution < 1.29 is 19.0 Å². The Balaban J connectivity index is 2.09. The second kappa shape index (κ2) is 6.32. The molecule has 5 heteroatoms. The first-order chi connectivity index (χ1) is 9.20. The maximum absolute atomic E-state index is 13.8. The zero-order valence-corrected chi connectivity index (χ0v) is 10.3. The van der Waals surface area contributed by atoms with Gasteiger partial charge in [-0.1, -0.05) is 11.8 Å². The number of benzene rings is 1. The van der Waals surface area contributed by atoms with Crippen LogP contribution in [0.15, 0.2) is 18.2 Å². The van der Waals surface area contributed by atoms with E-state index in [0.717, 1.165) is 6.42 Å². The van der Waals surface area contributed by atoms with Crippen molar-refractivity contribution in [2.75, 3.05) is 19.8 Å². The van der Waals surface area contributed by atoms with Crippen LogP contribution in [0.2, 0.25) is 0 Å². The average Bonchev–Trinajstić information content (AvgIpc) is 2.89. The van der Waals surface area contributed by atoms with Crippen molar-refractivity contribution in [3.8, 4) is 11.8 Å². The van der Waals surface area contributed by atoms with Gasteiger partial charge >= 0.3 is 0 Å². The fourth-order valence-electron chi connectivity index (χ4n) is 1.83. The number of aliphatic hydroxyl groups excluding tert-OH is 1. The van der Waals surface area contributed by atoms with Gasteiger partial charge in [-0.05, 0) is 24.6 Å². The number of nitrogens with one attached hydrogen (secondary N) is 1. The highest BCUT2D eigenvalue weighted by molar-refractivity contribution is 5.94. The maximum Gasteiger partial charge on any atom is 0.254 e. The van der Waals surface area contributed by atoms with E-state index in [1.807, 2.05) is 0 Å². The minimum Gasteiger partial charge on any atom is -0.384 e. The molecule has 0 bridgehead atoms. The summed E-state index contributed by atoms with van der Waals surface area (Å²) >= 11 is 0. The molecule has 0 saturated carbocycles. The summed E-state index contributed by atoms with van der Waals surface area (Å²) in [6, 6.07) is 4.07. The lowest BCUT2D eigenvalue weighted by molar-refractivity contribution is 0.0926. The fourth-order valence-corrected chi connectivity index (χ4v) is 1.83. The molecule has 1 aromatic carbocycles. The van der Waals surface area contributed by atoms with Gasteiger partial charge in [-0.2, -0.15) is 0 Å². The van der Waals surface area contributed by atoms with Crippen molar-refractivity contribution in [1.82, 2.24) is 5.32 Å². The summed E-state index contributed by atoms with van der Waals surface area (Å²) in [5, 5.41) is 11.3. The summed E-state index contributed by atoms with van der Waals surface area (Å²) in [6.07, 6.45) is 0.743. The highest BCUT2D eigenvalue weighted by Crippen LogP contribution is 2.11. The number of halogens is 1. The number of amides is 1. The van der Waals surface area contributed by atoms with Crippen molar-refractivity contribution in [3.05, 3.63) is 35.1 Å². The molecule has 0 radical (unpaired) electrons. The zero-order valence-electron chi connectivity index (χ0n) is 10.3. The van der Waals surface area contributed by atoms with Crippen molar-refractivity contribution in [1.29, 1.82) is 0 Å². The molecule has 0 aliphatic carbocycles. The number of hydrogen-bond donors (Lipinski definition) is 2. The summed E-state index contributed by atoms with van der Waals surface area (Å²) < 4.78 is 18.9. The molecule has 1 aromatic rings.